The number of rotatable bonds is 2. The van der Waals surface area contributed by atoms with Crippen LogP contribution >= 0.6 is 0 Å². The molecule has 0 fully saturated rings. The zero-order chi connectivity index (χ0) is 9.14. The van der Waals surface area contributed by atoms with Gasteiger partial charge in [-0.25, -0.2) is 0 Å². The summed E-state index contributed by atoms with van der Waals surface area (Å²) in [6.45, 7) is 9.40. The van der Waals surface area contributed by atoms with Gasteiger partial charge < -0.3 is 5.11 Å². The SMILES string of the molecule is C=Cc1ccc(O)cc1C(=C)C. The smallest absolute Gasteiger partial charge is 0.116 e. The van der Waals surface area contributed by atoms with Crippen molar-refractivity contribution >= 4 is 11.6 Å². The highest BCUT2D eigenvalue weighted by atomic mass is 16.3. The van der Waals surface area contributed by atoms with Gasteiger partial charge in [0.25, 0.3) is 0 Å². The number of hydrogen-bond acceptors (Lipinski definition) is 1. The first kappa shape index (κ1) is 8.60. The fourth-order valence-corrected chi connectivity index (χ4v) is 1.09. The highest BCUT2D eigenvalue weighted by Crippen LogP contribution is 2.22. The second-order valence-corrected chi connectivity index (χ2v) is 2.76. The highest BCUT2D eigenvalue weighted by Gasteiger charge is 2.00. The van der Waals surface area contributed by atoms with E-state index < -0.39 is 0 Å². The molecule has 62 valence electrons. The van der Waals surface area contributed by atoms with Crippen LogP contribution < -0.4 is 0 Å². The molecule has 0 aliphatic carbocycles. The number of allylic oxidation sites excluding steroid dienone is 1. The summed E-state index contributed by atoms with van der Waals surface area (Å²) in [5.74, 6) is 0.263. The Morgan fingerprint density at radius 2 is 2.17 bits per heavy atom. The third kappa shape index (κ3) is 1.56. The maximum Gasteiger partial charge on any atom is 0.116 e. The molecule has 0 aliphatic rings. The summed E-state index contributed by atoms with van der Waals surface area (Å²) in [7, 11) is 0. The molecule has 1 N–H and O–H groups in total. The van der Waals surface area contributed by atoms with Crippen LogP contribution in [0.25, 0.3) is 11.6 Å². The van der Waals surface area contributed by atoms with E-state index in [0.717, 1.165) is 16.7 Å². The zero-order valence-corrected chi connectivity index (χ0v) is 7.17. The lowest BCUT2D eigenvalue weighted by molar-refractivity contribution is 0.475. The summed E-state index contributed by atoms with van der Waals surface area (Å²) in [5, 5.41) is 9.21. The first-order chi connectivity index (χ1) is 5.65. The van der Waals surface area contributed by atoms with Crippen molar-refractivity contribution in [1.29, 1.82) is 0 Å². The largest absolute Gasteiger partial charge is 0.508 e. The van der Waals surface area contributed by atoms with Gasteiger partial charge in [-0.15, -0.1) is 0 Å². The molecule has 0 aromatic heterocycles. The molecule has 1 rings (SSSR count). The lowest BCUT2D eigenvalue weighted by Crippen LogP contribution is -1.83. The van der Waals surface area contributed by atoms with Gasteiger partial charge in [0.15, 0.2) is 0 Å². The van der Waals surface area contributed by atoms with Crippen molar-refractivity contribution in [2.75, 3.05) is 0 Å². The van der Waals surface area contributed by atoms with Crippen LogP contribution in [0.5, 0.6) is 5.75 Å². The lowest BCUT2D eigenvalue weighted by atomic mass is 10.0. The topological polar surface area (TPSA) is 20.2 Å². The molecule has 0 heterocycles. The van der Waals surface area contributed by atoms with Crippen molar-refractivity contribution in [2.45, 2.75) is 6.92 Å². The third-order valence-corrected chi connectivity index (χ3v) is 1.72. The molecule has 0 bridgehead atoms. The molecule has 0 radical (unpaired) electrons. The van der Waals surface area contributed by atoms with Crippen molar-refractivity contribution in [3.8, 4) is 5.75 Å². The second-order valence-electron chi connectivity index (χ2n) is 2.76. The van der Waals surface area contributed by atoms with Crippen LogP contribution in [0.15, 0.2) is 31.4 Å². The molecule has 0 spiro atoms. The summed E-state index contributed by atoms with van der Waals surface area (Å²) < 4.78 is 0. The van der Waals surface area contributed by atoms with Gasteiger partial charge in [0.1, 0.15) is 5.75 Å². The van der Waals surface area contributed by atoms with Crippen LogP contribution in [0.2, 0.25) is 0 Å². The minimum absolute atomic E-state index is 0.263. The van der Waals surface area contributed by atoms with Crippen LogP contribution in [0.4, 0.5) is 0 Å². The Bertz CT molecular complexity index is 324. The molecular formula is C11H12O. The number of aromatic hydroxyl groups is 1. The molecule has 12 heavy (non-hydrogen) atoms. The molecule has 1 aromatic carbocycles. The minimum Gasteiger partial charge on any atom is -0.508 e. The van der Waals surface area contributed by atoms with Gasteiger partial charge in [0.2, 0.25) is 0 Å². The van der Waals surface area contributed by atoms with Crippen molar-refractivity contribution in [2.24, 2.45) is 0 Å². The van der Waals surface area contributed by atoms with E-state index in [1.807, 2.05) is 13.0 Å². The van der Waals surface area contributed by atoms with Gasteiger partial charge in [-0.1, -0.05) is 30.9 Å². The first-order valence-electron chi connectivity index (χ1n) is 3.76. The number of benzene rings is 1. The lowest BCUT2D eigenvalue weighted by Gasteiger charge is -2.05. The maximum absolute atomic E-state index is 9.21. The summed E-state index contributed by atoms with van der Waals surface area (Å²) >= 11 is 0. The van der Waals surface area contributed by atoms with Gasteiger partial charge in [-0.2, -0.15) is 0 Å². The molecule has 1 heteroatoms. The van der Waals surface area contributed by atoms with Gasteiger partial charge in [-0.05, 0) is 30.2 Å². The van der Waals surface area contributed by atoms with Gasteiger partial charge >= 0.3 is 0 Å². The number of phenols is 1. The van der Waals surface area contributed by atoms with Crippen LogP contribution in [-0.2, 0) is 0 Å². The fourth-order valence-electron chi connectivity index (χ4n) is 1.09. The zero-order valence-electron chi connectivity index (χ0n) is 7.17. The molecule has 0 saturated carbocycles. The van der Waals surface area contributed by atoms with Crippen molar-refractivity contribution < 1.29 is 5.11 Å². The standard InChI is InChI=1S/C11H12O/c1-4-9-5-6-10(12)7-11(9)8(2)3/h4-7,12H,1-2H2,3H3. The monoisotopic (exact) mass is 160 g/mol. The quantitative estimate of drug-likeness (QED) is 0.704. The number of hydrogen-bond donors (Lipinski definition) is 1. The highest BCUT2D eigenvalue weighted by molar-refractivity contribution is 5.72. The fraction of sp³-hybridized carbons (Fsp3) is 0.0909. The molecule has 0 aliphatic heterocycles. The van der Waals surface area contributed by atoms with E-state index in [2.05, 4.69) is 13.2 Å². The average molecular weight is 160 g/mol. The van der Waals surface area contributed by atoms with Crippen molar-refractivity contribution in [1.82, 2.24) is 0 Å². The van der Waals surface area contributed by atoms with Gasteiger partial charge in [-0.3, -0.25) is 0 Å². The summed E-state index contributed by atoms with van der Waals surface area (Å²) in [6, 6.07) is 5.16. The summed E-state index contributed by atoms with van der Waals surface area (Å²) in [4.78, 5) is 0. The number of phenolic OH excluding ortho intramolecular Hbond substituents is 1. The Morgan fingerprint density at radius 3 is 2.67 bits per heavy atom. The van der Waals surface area contributed by atoms with Crippen molar-refractivity contribution in [3.05, 3.63) is 42.5 Å². The minimum atomic E-state index is 0.263. The molecule has 0 amide bonds. The van der Waals surface area contributed by atoms with E-state index in [0.29, 0.717) is 0 Å². The maximum atomic E-state index is 9.21. The first-order valence-corrected chi connectivity index (χ1v) is 3.76. The predicted octanol–water partition coefficient (Wildman–Crippen LogP) is 3.07. The van der Waals surface area contributed by atoms with E-state index in [1.54, 1.807) is 18.2 Å². The Hall–Kier alpha value is -1.50. The van der Waals surface area contributed by atoms with E-state index in [9.17, 15) is 5.11 Å². The Balaban J connectivity index is 3.30. The Labute approximate surface area is 72.7 Å². The molecular weight excluding hydrogens is 148 g/mol. The predicted molar refractivity (Wildman–Crippen MR) is 52.9 cm³/mol. The molecule has 0 saturated heterocycles. The third-order valence-electron chi connectivity index (χ3n) is 1.72. The summed E-state index contributed by atoms with van der Waals surface area (Å²) in [5.41, 5.74) is 2.88. The van der Waals surface area contributed by atoms with Crippen LogP contribution in [0.3, 0.4) is 0 Å². The van der Waals surface area contributed by atoms with Gasteiger partial charge in [0.05, 0.1) is 0 Å². The van der Waals surface area contributed by atoms with E-state index in [-0.39, 0.29) is 5.75 Å². The van der Waals surface area contributed by atoms with Crippen LogP contribution in [0, 0.1) is 0 Å². The van der Waals surface area contributed by atoms with Crippen LogP contribution in [-0.4, -0.2) is 5.11 Å². The molecule has 0 atom stereocenters. The van der Waals surface area contributed by atoms with Gasteiger partial charge in [0, 0.05) is 0 Å². The van der Waals surface area contributed by atoms with Crippen LogP contribution in [0.1, 0.15) is 18.1 Å². The Morgan fingerprint density at radius 1 is 1.50 bits per heavy atom. The Kier molecular flexibility index (Phi) is 2.34. The molecule has 0 unspecified atom stereocenters. The van der Waals surface area contributed by atoms with E-state index >= 15 is 0 Å². The second kappa shape index (κ2) is 3.26. The normalized spacial score (nSPS) is 9.42. The van der Waals surface area contributed by atoms with Crippen molar-refractivity contribution in [3.63, 3.8) is 0 Å². The summed E-state index contributed by atoms with van der Waals surface area (Å²) in [6.07, 6.45) is 1.75. The molecule has 1 aromatic rings. The van der Waals surface area contributed by atoms with E-state index in [1.165, 1.54) is 0 Å². The van der Waals surface area contributed by atoms with E-state index in [4.69, 9.17) is 0 Å². The average Bonchev–Trinajstić information content (AvgIpc) is 2.04. The molecule has 1 nitrogen and oxygen atoms in total.